The summed E-state index contributed by atoms with van der Waals surface area (Å²) in [6.45, 7) is 4.51. The first-order chi connectivity index (χ1) is 8.52. The molecule has 0 aliphatic carbocycles. The number of esters is 1. The highest BCUT2D eigenvalue weighted by molar-refractivity contribution is 7.11. The molecule has 1 aromatic rings. The van der Waals surface area contributed by atoms with Crippen LogP contribution in [-0.2, 0) is 20.7 Å². The topological polar surface area (TPSA) is 68.3 Å². The van der Waals surface area contributed by atoms with Crippen LogP contribution >= 0.6 is 11.3 Å². The van der Waals surface area contributed by atoms with E-state index in [1.165, 1.54) is 12.0 Å². The zero-order valence-corrected chi connectivity index (χ0v) is 11.7. The largest absolute Gasteiger partial charge is 0.469 e. The van der Waals surface area contributed by atoms with Gasteiger partial charge in [0.15, 0.2) is 0 Å². The first-order valence-electron chi connectivity index (χ1n) is 5.79. The van der Waals surface area contributed by atoms with Gasteiger partial charge in [0.05, 0.1) is 24.2 Å². The third-order valence-corrected chi connectivity index (χ3v) is 3.59. The number of hydrogen-bond acceptors (Lipinski definition) is 5. The van der Waals surface area contributed by atoms with E-state index in [1.54, 1.807) is 11.3 Å². The van der Waals surface area contributed by atoms with Crippen LogP contribution in [0, 0.1) is 13.8 Å². The van der Waals surface area contributed by atoms with Crippen molar-refractivity contribution in [3.63, 3.8) is 0 Å². The number of carbonyl (C=O) groups is 2. The molecule has 0 bridgehead atoms. The minimum atomic E-state index is -0.362. The summed E-state index contributed by atoms with van der Waals surface area (Å²) in [7, 11) is 1.31. The van der Waals surface area contributed by atoms with Crippen LogP contribution < -0.4 is 5.32 Å². The number of carbonyl (C=O) groups excluding carboxylic acids is 2. The van der Waals surface area contributed by atoms with Crippen LogP contribution in [0.4, 0.5) is 0 Å². The molecule has 0 aliphatic rings. The Hall–Kier alpha value is -1.43. The lowest BCUT2D eigenvalue weighted by atomic mass is 10.2. The quantitative estimate of drug-likeness (QED) is 0.793. The first-order valence-corrected chi connectivity index (χ1v) is 6.61. The number of nitrogens with zero attached hydrogens (tertiary/aromatic N) is 1. The zero-order chi connectivity index (χ0) is 13.5. The molecule has 18 heavy (non-hydrogen) atoms. The van der Waals surface area contributed by atoms with Crippen LogP contribution in [0.5, 0.6) is 0 Å². The van der Waals surface area contributed by atoms with E-state index in [2.05, 4.69) is 15.0 Å². The molecule has 6 heteroatoms. The molecule has 0 atom stereocenters. The number of aryl methyl sites for hydroxylation is 2. The number of ether oxygens (including phenoxy) is 1. The predicted octanol–water partition coefficient (Wildman–Crippen LogP) is 1.37. The molecule has 0 fully saturated rings. The highest BCUT2D eigenvalue weighted by Gasteiger charge is 2.08. The van der Waals surface area contributed by atoms with E-state index in [0.29, 0.717) is 6.54 Å². The third-order valence-electron chi connectivity index (χ3n) is 2.46. The maximum absolute atomic E-state index is 11.4. The van der Waals surface area contributed by atoms with Gasteiger partial charge in [-0.2, -0.15) is 0 Å². The molecule has 0 aromatic carbocycles. The van der Waals surface area contributed by atoms with E-state index in [4.69, 9.17) is 0 Å². The number of aromatic nitrogens is 1. The van der Waals surface area contributed by atoms with Gasteiger partial charge in [-0.3, -0.25) is 9.59 Å². The fourth-order valence-electron chi connectivity index (χ4n) is 1.53. The summed E-state index contributed by atoms with van der Waals surface area (Å²) >= 11 is 1.65. The standard InChI is InChI=1S/C12H18N2O3S/c1-8-10(18-9(2)14-8)6-7-13-11(15)4-5-12(16)17-3/h4-7H2,1-3H3,(H,13,15). The van der Waals surface area contributed by atoms with Gasteiger partial charge in [0, 0.05) is 24.3 Å². The maximum Gasteiger partial charge on any atom is 0.306 e. The Morgan fingerprint density at radius 1 is 1.33 bits per heavy atom. The van der Waals surface area contributed by atoms with Crippen molar-refractivity contribution < 1.29 is 14.3 Å². The van der Waals surface area contributed by atoms with Crippen LogP contribution in [0.25, 0.3) is 0 Å². The molecule has 0 saturated carbocycles. The van der Waals surface area contributed by atoms with Crippen molar-refractivity contribution in [2.45, 2.75) is 33.1 Å². The van der Waals surface area contributed by atoms with Gasteiger partial charge in [-0.15, -0.1) is 11.3 Å². The number of thiazole rings is 1. The lowest BCUT2D eigenvalue weighted by molar-refractivity contribution is -0.142. The third kappa shape index (κ3) is 4.83. The summed E-state index contributed by atoms with van der Waals surface area (Å²) in [6.07, 6.45) is 1.08. The van der Waals surface area contributed by atoms with Gasteiger partial charge in [0.1, 0.15) is 0 Å². The molecule has 1 heterocycles. The Morgan fingerprint density at radius 2 is 2.06 bits per heavy atom. The Bertz CT molecular complexity index is 429. The SMILES string of the molecule is COC(=O)CCC(=O)NCCc1sc(C)nc1C. The van der Waals surface area contributed by atoms with Crippen molar-refractivity contribution in [1.82, 2.24) is 10.3 Å². The summed E-state index contributed by atoms with van der Waals surface area (Å²) < 4.78 is 4.47. The Labute approximate surface area is 111 Å². The van der Waals surface area contributed by atoms with Crippen LogP contribution in [0.15, 0.2) is 0 Å². The molecule has 0 radical (unpaired) electrons. The predicted molar refractivity (Wildman–Crippen MR) is 69.6 cm³/mol. The number of methoxy groups -OCH3 is 1. The van der Waals surface area contributed by atoms with Crippen molar-refractivity contribution in [1.29, 1.82) is 0 Å². The molecule has 1 rings (SSSR count). The lowest BCUT2D eigenvalue weighted by Crippen LogP contribution is -2.26. The highest BCUT2D eigenvalue weighted by atomic mass is 32.1. The molecule has 1 N–H and O–H groups in total. The summed E-state index contributed by atoms with van der Waals surface area (Å²) in [4.78, 5) is 27.8. The van der Waals surface area contributed by atoms with Gasteiger partial charge in [0.2, 0.25) is 5.91 Å². The minimum Gasteiger partial charge on any atom is -0.469 e. The average molecular weight is 270 g/mol. The second kappa shape index (κ2) is 7.10. The summed E-state index contributed by atoms with van der Waals surface area (Å²) in [5.74, 6) is -0.488. The van der Waals surface area contributed by atoms with E-state index in [-0.39, 0.29) is 24.7 Å². The molecular formula is C12H18N2O3S. The smallest absolute Gasteiger partial charge is 0.306 e. The Morgan fingerprint density at radius 3 is 2.61 bits per heavy atom. The molecular weight excluding hydrogens is 252 g/mol. The number of hydrogen-bond donors (Lipinski definition) is 1. The summed E-state index contributed by atoms with van der Waals surface area (Å²) in [5.41, 5.74) is 1.03. The molecule has 0 saturated heterocycles. The Balaban J connectivity index is 2.23. The second-order valence-electron chi connectivity index (χ2n) is 3.92. The van der Waals surface area contributed by atoms with Crippen molar-refractivity contribution in [3.8, 4) is 0 Å². The van der Waals surface area contributed by atoms with Crippen LogP contribution in [0.3, 0.4) is 0 Å². The van der Waals surface area contributed by atoms with Gasteiger partial charge in [0.25, 0.3) is 0 Å². The molecule has 1 aromatic heterocycles. The van der Waals surface area contributed by atoms with Crippen molar-refractivity contribution >= 4 is 23.2 Å². The molecule has 0 unspecified atom stereocenters. The van der Waals surface area contributed by atoms with Crippen LogP contribution in [0.2, 0.25) is 0 Å². The minimum absolute atomic E-state index is 0.126. The maximum atomic E-state index is 11.4. The van der Waals surface area contributed by atoms with Crippen LogP contribution in [-0.4, -0.2) is 30.5 Å². The van der Waals surface area contributed by atoms with Gasteiger partial charge in [-0.05, 0) is 13.8 Å². The highest BCUT2D eigenvalue weighted by Crippen LogP contribution is 2.16. The van der Waals surface area contributed by atoms with Crippen molar-refractivity contribution in [3.05, 3.63) is 15.6 Å². The van der Waals surface area contributed by atoms with Gasteiger partial charge in [-0.25, -0.2) is 4.98 Å². The fourth-order valence-corrected chi connectivity index (χ4v) is 2.46. The lowest BCUT2D eigenvalue weighted by Gasteiger charge is -2.04. The first kappa shape index (κ1) is 14.6. The summed E-state index contributed by atoms with van der Waals surface area (Å²) in [6, 6.07) is 0. The van der Waals surface area contributed by atoms with Gasteiger partial charge >= 0.3 is 5.97 Å². The summed E-state index contributed by atoms with van der Waals surface area (Å²) in [5, 5.41) is 3.82. The number of nitrogens with one attached hydrogen (secondary N) is 1. The van der Waals surface area contributed by atoms with E-state index >= 15 is 0 Å². The van der Waals surface area contributed by atoms with Gasteiger partial charge < -0.3 is 10.1 Å². The normalized spacial score (nSPS) is 10.2. The zero-order valence-electron chi connectivity index (χ0n) is 10.9. The van der Waals surface area contributed by atoms with E-state index in [9.17, 15) is 9.59 Å². The van der Waals surface area contributed by atoms with Crippen LogP contribution in [0.1, 0.15) is 28.4 Å². The fraction of sp³-hybridized carbons (Fsp3) is 0.583. The molecule has 0 aliphatic heterocycles. The monoisotopic (exact) mass is 270 g/mol. The van der Waals surface area contributed by atoms with E-state index < -0.39 is 0 Å². The molecule has 5 nitrogen and oxygen atoms in total. The molecule has 100 valence electrons. The number of amides is 1. The van der Waals surface area contributed by atoms with E-state index in [1.807, 2.05) is 13.8 Å². The Kier molecular flexibility index (Phi) is 5.77. The molecule has 1 amide bonds. The van der Waals surface area contributed by atoms with E-state index in [0.717, 1.165) is 17.1 Å². The molecule has 0 spiro atoms. The van der Waals surface area contributed by atoms with Gasteiger partial charge in [-0.1, -0.05) is 0 Å². The average Bonchev–Trinajstić information content (AvgIpc) is 2.65. The van der Waals surface area contributed by atoms with Crippen molar-refractivity contribution in [2.75, 3.05) is 13.7 Å². The second-order valence-corrected chi connectivity index (χ2v) is 5.21. The number of rotatable bonds is 6. The van der Waals surface area contributed by atoms with Crippen molar-refractivity contribution in [2.24, 2.45) is 0 Å².